The van der Waals surface area contributed by atoms with E-state index in [1.807, 2.05) is 18.2 Å². The molecule has 3 heteroatoms. The van der Waals surface area contributed by atoms with E-state index in [4.69, 9.17) is 0 Å². The van der Waals surface area contributed by atoms with Crippen molar-refractivity contribution in [1.29, 1.82) is 0 Å². The molecule has 1 amide bonds. The molecule has 1 aromatic carbocycles. The van der Waals surface area contributed by atoms with Crippen molar-refractivity contribution in [1.82, 2.24) is 0 Å². The van der Waals surface area contributed by atoms with Crippen molar-refractivity contribution in [2.75, 3.05) is 5.32 Å². The maximum atomic E-state index is 12.4. The third-order valence-corrected chi connectivity index (χ3v) is 5.40. The highest BCUT2D eigenvalue weighted by atomic mass is 16.2. The number of para-hydroxylation sites is 1. The third kappa shape index (κ3) is 2.02. The number of ketones is 1. The van der Waals surface area contributed by atoms with E-state index in [9.17, 15) is 9.59 Å². The predicted octanol–water partition coefficient (Wildman–Crippen LogP) is 3.68. The van der Waals surface area contributed by atoms with E-state index in [0.29, 0.717) is 6.42 Å². The number of hydrogen-bond acceptors (Lipinski definition) is 2. The standard InChI is InChI=1S/C18H23NO2/c1-3-4-7-10-18-13-8-5-6-9-16(13)19-17(21)15(18)11-14(18)12(2)20/h5-6,8-9,14-15H,3-4,7,10-11H2,1-2H3,(H,19,21)/t14-,15-,18-/m0/s1. The van der Waals surface area contributed by atoms with Gasteiger partial charge in [0, 0.05) is 22.9 Å². The number of fused-ring (bicyclic) bond motifs is 3. The van der Waals surface area contributed by atoms with Crippen LogP contribution < -0.4 is 5.32 Å². The van der Waals surface area contributed by atoms with E-state index < -0.39 is 0 Å². The fourth-order valence-corrected chi connectivity index (χ4v) is 4.35. The van der Waals surface area contributed by atoms with Crippen molar-refractivity contribution in [2.24, 2.45) is 11.8 Å². The minimum atomic E-state index is -0.250. The molecule has 3 atom stereocenters. The van der Waals surface area contributed by atoms with Crippen LogP contribution in [0, 0.1) is 11.8 Å². The SMILES string of the molecule is CCCCC[C@@]12c3ccccc3NC(=O)[C@@H]1C[C@H]2C(C)=O. The van der Waals surface area contributed by atoms with Crippen molar-refractivity contribution in [3.05, 3.63) is 29.8 Å². The van der Waals surface area contributed by atoms with Gasteiger partial charge in [0.1, 0.15) is 5.78 Å². The Labute approximate surface area is 126 Å². The van der Waals surface area contributed by atoms with E-state index in [-0.39, 0.29) is 28.9 Å². The lowest BCUT2D eigenvalue weighted by Crippen LogP contribution is -2.62. The summed E-state index contributed by atoms with van der Waals surface area (Å²) >= 11 is 0. The number of amides is 1. The van der Waals surface area contributed by atoms with Crippen LogP contribution in [0.1, 0.15) is 51.5 Å². The fraction of sp³-hybridized carbons (Fsp3) is 0.556. The molecule has 0 spiro atoms. The van der Waals surface area contributed by atoms with Gasteiger partial charge >= 0.3 is 0 Å². The largest absolute Gasteiger partial charge is 0.326 e. The van der Waals surface area contributed by atoms with Gasteiger partial charge in [0.05, 0.1) is 0 Å². The zero-order chi connectivity index (χ0) is 15.0. The predicted molar refractivity (Wildman–Crippen MR) is 83.2 cm³/mol. The normalized spacial score (nSPS) is 29.9. The van der Waals surface area contributed by atoms with Crippen LogP contribution in [0.2, 0.25) is 0 Å². The van der Waals surface area contributed by atoms with E-state index in [2.05, 4.69) is 18.3 Å². The lowest BCUT2D eigenvalue weighted by Gasteiger charge is -2.57. The van der Waals surface area contributed by atoms with Crippen LogP contribution in [0.4, 0.5) is 5.69 Å². The quantitative estimate of drug-likeness (QED) is 0.839. The lowest BCUT2D eigenvalue weighted by atomic mass is 9.46. The summed E-state index contributed by atoms with van der Waals surface area (Å²) in [5.41, 5.74) is 1.83. The van der Waals surface area contributed by atoms with Crippen LogP contribution in [-0.2, 0) is 15.0 Å². The molecule has 1 N–H and O–H groups in total. The van der Waals surface area contributed by atoms with E-state index in [1.54, 1.807) is 6.92 Å². The molecule has 1 saturated carbocycles. The van der Waals surface area contributed by atoms with Gasteiger partial charge in [-0.2, -0.15) is 0 Å². The molecular formula is C18H23NO2. The summed E-state index contributed by atoms with van der Waals surface area (Å²) in [6.07, 6.45) is 5.04. The smallest absolute Gasteiger partial charge is 0.228 e. The topological polar surface area (TPSA) is 46.2 Å². The first-order valence-corrected chi connectivity index (χ1v) is 8.02. The van der Waals surface area contributed by atoms with Gasteiger partial charge in [-0.15, -0.1) is 0 Å². The number of anilines is 1. The van der Waals surface area contributed by atoms with Crippen LogP contribution >= 0.6 is 0 Å². The molecule has 0 bridgehead atoms. The zero-order valence-electron chi connectivity index (χ0n) is 12.8. The highest BCUT2D eigenvalue weighted by Crippen LogP contribution is 2.60. The first-order chi connectivity index (χ1) is 10.1. The van der Waals surface area contributed by atoms with Gasteiger partial charge in [0.2, 0.25) is 5.91 Å². The van der Waals surface area contributed by atoms with Gasteiger partial charge < -0.3 is 5.32 Å². The summed E-state index contributed by atoms with van der Waals surface area (Å²) in [4.78, 5) is 24.5. The molecule has 0 radical (unpaired) electrons. The fourth-order valence-electron chi connectivity index (χ4n) is 4.35. The van der Waals surface area contributed by atoms with Crippen LogP contribution in [0.5, 0.6) is 0 Å². The minimum absolute atomic E-state index is 0.00607. The second-order valence-electron chi connectivity index (χ2n) is 6.48. The van der Waals surface area contributed by atoms with Crippen molar-refractivity contribution in [3.8, 4) is 0 Å². The van der Waals surface area contributed by atoms with Crippen LogP contribution in [0.3, 0.4) is 0 Å². The minimum Gasteiger partial charge on any atom is -0.326 e. The van der Waals surface area contributed by atoms with Gasteiger partial charge in [-0.25, -0.2) is 0 Å². The Hall–Kier alpha value is -1.64. The van der Waals surface area contributed by atoms with Gasteiger partial charge in [0.25, 0.3) is 0 Å². The highest BCUT2D eigenvalue weighted by Gasteiger charge is 2.62. The second kappa shape index (κ2) is 5.28. The highest BCUT2D eigenvalue weighted by molar-refractivity contribution is 6.01. The first kappa shape index (κ1) is 14.3. The molecule has 1 aliphatic carbocycles. The zero-order valence-corrected chi connectivity index (χ0v) is 12.8. The number of hydrogen-bond donors (Lipinski definition) is 1. The van der Waals surface area contributed by atoms with Crippen LogP contribution in [0.25, 0.3) is 0 Å². The molecule has 1 heterocycles. The van der Waals surface area contributed by atoms with Crippen molar-refractivity contribution in [3.63, 3.8) is 0 Å². The molecule has 1 aromatic rings. The van der Waals surface area contributed by atoms with E-state index >= 15 is 0 Å². The Morgan fingerprint density at radius 3 is 2.81 bits per heavy atom. The summed E-state index contributed by atoms with van der Waals surface area (Å²) in [6, 6.07) is 8.02. The average molecular weight is 285 g/mol. The van der Waals surface area contributed by atoms with Gasteiger partial charge in [0.15, 0.2) is 0 Å². The van der Waals surface area contributed by atoms with Crippen LogP contribution in [-0.4, -0.2) is 11.7 Å². The molecule has 0 unspecified atom stereocenters. The lowest BCUT2D eigenvalue weighted by molar-refractivity contribution is -0.141. The molecule has 112 valence electrons. The summed E-state index contributed by atoms with van der Waals surface area (Å²) in [5, 5.41) is 3.02. The Balaban J connectivity index is 2.05. The Bertz CT molecular complexity index is 580. The number of unbranched alkanes of at least 4 members (excludes halogenated alkanes) is 2. The van der Waals surface area contributed by atoms with E-state index in [1.165, 1.54) is 5.56 Å². The van der Waals surface area contributed by atoms with Crippen LogP contribution in [0.15, 0.2) is 24.3 Å². The summed E-state index contributed by atoms with van der Waals surface area (Å²) in [6.45, 7) is 3.86. The number of Topliss-reactive ketones (excluding diaryl/α,β-unsaturated/α-hetero) is 1. The number of nitrogens with one attached hydrogen (secondary N) is 1. The van der Waals surface area contributed by atoms with Gasteiger partial charge in [-0.1, -0.05) is 44.4 Å². The van der Waals surface area contributed by atoms with Gasteiger partial charge in [-0.3, -0.25) is 9.59 Å². The van der Waals surface area contributed by atoms with Crippen molar-refractivity contribution >= 4 is 17.4 Å². The monoisotopic (exact) mass is 285 g/mol. The summed E-state index contributed by atoms with van der Waals surface area (Å²) in [7, 11) is 0. The molecule has 0 aromatic heterocycles. The maximum absolute atomic E-state index is 12.4. The molecule has 1 aliphatic heterocycles. The number of carbonyl (C=O) groups excluding carboxylic acids is 2. The maximum Gasteiger partial charge on any atom is 0.228 e. The molecule has 1 fully saturated rings. The van der Waals surface area contributed by atoms with E-state index in [0.717, 1.165) is 31.4 Å². The molecule has 0 saturated heterocycles. The first-order valence-electron chi connectivity index (χ1n) is 8.02. The molecule has 2 aliphatic rings. The number of carbonyl (C=O) groups is 2. The Morgan fingerprint density at radius 1 is 1.33 bits per heavy atom. The molecule has 21 heavy (non-hydrogen) atoms. The average Bonchev–Trinajstić information content (AvgIpc) is 2.42. The molecule has 3 rings (SSSR count). The van der Waals surface area contributed by atoms with Gasteiger partial charge in [-0.05, 0) is 31.4 Å². The number of rotatable bonds is 5. The Morgan fingerprint density at radius 2 is 2.10 bits per heavy atom. The Kier molecular flexibility index (Phi) is 3.60. The summed E-state index contributed by atoms with van der Waals surface area (Å²) < 4.78 is 0. The second-order valence-corrected chi connectivity index (χ2v) is 6.48. The third-order valence-electron chi connectivity index (χ3n) is 5.40. The molecule has 3 nitrogen and oxygen atoms in total. The number of benzene rings is 1. The molecular weight excluding hydrogens is 262 g/mol. The van der Waals surface area contributed by atoms with Crippen molar-refractivity contribution < 1.29 is 9.59 Å². The summed E-state index contributed by atoms with van der Waals surface area (Å²) in [5.74, 6) is 0.305. The van der Waals surface area contributed by atoms with Crippen molar-refractivity contribution in [2.45, 2.75) is 51.4 Å².